The molecule has 0 amide bonds. The molecule has 45 heavy (non-hydrogen) atoms. The van der Waals surface area contributed by atoms with Crippen molar-refractivity contribution in [3.63, 3.8) is 0 Å². The van der Waals surface area contributed by atoms with E-state index in [2.05, 4.69) is 0 Å². The second kappa shape index (κ2) is 11.7. The smallest absolute Gasteiger partial charge is 0.196 e. The summed E-state index contributed by atoms with van der Waals surface area (Å²) >= 11 is 0. The zero-order chi connectivity index (χ0) is 32.4. The van der Waals surface area contributed by atoms with Crippen LogP contribution in [0.3, 0.4) is 0 Å². The standard InChI is InChI=1S/C32H37NO12/c1-13-26(36)17(33)9-21(44-13)45-19-11-32(41,20(35)12-34)10-16-22(19)29(39)25-24(28(16)38)27(37)15-7-6-14(18-5-3-4-8-43-18)31(42-2)23(15)30(25)40/h3-5,8,13-14,17-19,21,26,31,34,36,38-39,41H,6-7,9-12,33H2,1-2H3/t13-,14?,17-,18?,19-,21-,26+,31?,32-/m0/s1. The minimum atomic E-state index is -2.25. The first kappa shape index (κ1) is 31.5. The van der Waals surface area contributed by atoms with E-state index in [0.29, 0.717) is 6.42 Å². The SMILES string of the molecule is COC1C2=C(CCC1C1C=CC=CO1)C(=O)c1c(O)c3c(c(O)c1C2=O)[C@@H](O[C@H]1C[C@H](N)[C@H](O)[C@H](C)O1)C[C@](O)(C(=O)CO)C3. The molecule has 3 unspecified atom stereocenters. The number of aliphatic hydroxyl groups is 3. The van der Waals surface area contributed by atoms with Crippen LogP contribution in [0.5, 0.6) is 11.5 Å². The predicted octanol–water partition coefficient (Wildman–Crippen LogP) is 0.787. The number of Topliss-reactive ketones (excluding diaryl/α,β-unsaturated/α-hetero) is 3. The Kier molecular flexibility index (Phi) is 8.23. The molecule has 0 radical (unpaired) electrons. The zero-order valence-electron chi connectivity index (χ0n) is 24.8. The van der Waals surface area contributed by atoms with Crippen molar-refractivity contribution in [2.75, 3.05) is 13.7 Å². The summed E-state index contributed by atoms with van der Waals surface area (Å²) < 4.78 is 23.4. The molecule has 6 rings (SSSR count). The van der Waals surface area contributed by atoms with Gasteiger partial charge in [-0.3, -0.25) is 14.4 Å². The second-order valence-electron chi connectivity index (χ2n) is 12.3. The number of benzene rings is 1. The lowest BCUT2D eigenvalue weighted by atomic mass is 9.68. The van der Waals surface area contributed by atoms with Gasteiger partial charge in [0.05, 0.1) is 41.8 Å². The molecule has 1 fully saturated rings. The third-order valence-corrected chi connectivity index (χ3v) is 9.73. The van der Waals surface area contributed by atoms with E-state index in [1.54, 1.807) is 13.0 Å². The molecule has 0 saturated carbocycles. The van der Waals surface area contributed by atoms with Crippen LogP contribution in [0.2, 0.25) is 0 Å². The first-order chi connectivity index (χ1) is 21.4. The number of ether oxygens (including phenoxy) is 4. The molecule has 13 nitrogen and oxygen atoms in total. The van der Waals surface area contributed by atoms with Crippen LogP contribution in [0, 0.1) is 5.92 Å². The molecule has 7 N–H and O–H groups in total. The number of hydrogen-bond acceptors (Lipinski definition) is 13. The highest BCUT2D eigenvalue weighted by Crippen LogP contribution is 2.53. The van der Waals surface area contributed by atoms with E-state index in [9.17, 15) is 39.9 Å². The van der Waals surface area contributed by atoms with Gasteiger partial charge >= 0.3 is 0 Å². The number of aliphatic hydroxyl groups excluding tert-OH is 2. The number of phenolic OH excluding ortho intramolecular Hbond substituents is 2. The molecule has 5 aliphatic rings. The number of hydrogen-bond donors (Lipinski definition) is 6. The molecule has 13 heteroatoms. The Balaban J connectivity index is 1.46. The number of carbonyl (C=O) groups is 3. The molecule has 2 heterocycles. The van der Waals surface area contributed by atoms with Gasteiger partial charge in [0.2, 0.25) is 0 Å². The Bertz CT molecular complexity index is 1520. The van der Waals surface area contributed by atoms with Gasteiger partial charge in [-0.2, -0.15) is 0 Å². The molecule has 1 saturated heterocycles. The maximum atomic E-state index is 14.3. The number of rotatable bonds is 6. The van der Waals surface area contributed by atoms with Gasteiger partial charge in [-0.1, -0.05) is 6.08 Å². The lowest BCUT2D eigenvalue weighted by Gasteiger charge is -2.43. The summed E-state index contributed by atoms with van der Waals surface area (Å²) in [6.45, 7) is 0.567. The summed E-state index contributed by atoms with van der Waals surface area (Å²) in [6, 6.07) is -0.737. The highest BCUT2D eigenvalue weighted by Gasteiger charge is 2.52. The molecule has 0 bridgehead atoms. The topological polar surface area (TPSA) is 215 Å². The normalized spacial score (nSPS) is 35.9. The second-order valence-corrected chi connectivity index (χ2v) is 12.3. The van der Waals surface area contributed by atoms with Crippen molar-refractivity contribution in [1.29, 1.82) is 0 Å². The lowest BCUT2D eigenvalue weighted by Crippen LogP contribution is -2.53. The van der Waals surface area contributed by atoms with Crippen LogP contribution in [0.4, 0.5) is 0 Å². The van der Waals surface area contributed by atoms with Crippen molar-refractivity contribution in [2.45, 2.75) is 87.5 Å². The first-order valence-electron chi connectivity index (χ1n) is 15.0. The summed E-state index contributed by atoms with van der Waals surface area (Å²) in [5.74, 6) is -4.01. The third-order valence-electron chi connectivity index (χ3n) is 9.73. The van der Waals surface area contributed by atoms with Gasteiger partial charge in [-0.05, 0) is 31.9 Å². The monoisotopic (exact) mass is 627 g/mol. The van der Waals surface area contributed by atoms with Gasteiger partial charge in [0, 0.05) is 60.6 Å². The van der Waals surface area contributed by atoms with E-state index < -0.39 is 108 Å². The van der Waals surface area contributed by atoms with Gasteiger partial charge in [0.15, 0.2) is 23.6 Å². The Labute approximate surface area is 258 Å². The van der Waals surface area contributed by atoms with E-state index >= 15 is 0 Å². The number of fused-ring (bicyclic) bond motifs is 2. The zero-order valence-corrected chi connectivity index (χ0v) is 24.8. The largest absolute Gasteiger partial charge is 0.507 e. The maximum absolute atomic E-state index is 14.3. The van der Waals surface area contributed by atoms with Gasteiger partial charge in [0.1, 0.15) is 29.8 Å². The van der Waals surface area contributed by atoms with Crippen molar-refractivity contribution in [3.05, 3.63) is 57.9 Å². The molecule has 242 valence electrons. The summed E-state index contributed by atoms with van der Waals surface area (Å²) in [4.78, 5) is 41.0. The number of ketones is 3. The quantitative estimate of drug-likeness (QED) is 0.241. The fourth-order valence-corrected chi connectivity index (χ4v) is 7.41. The van der Waals surface area contributed by atoms with Crippen molar-refractivity contribution < 1.29 is 58.9 Å². The van der Waals surface area contributed by atoms with E-state index in [4.69, 9.17) is 24.7 Å². The van der Waals surface area contributed by atoms with Crippen LogP contribution in [-0.4, -0.2) is 98.9 Å². The van der Waals surface area contributed by atoms with Crippen LogP contribution in [0.15, 0.2) is 35.6 Å². The Morgan fingerprint density at radius 3 is 2.53 bits per heavy atom. The Morgan fingerprint density at radius 2 is 1.89 bits per heavy atom. The predicted molar refractivity (Wildman–Crippen MR) is 154 cm³/mol. The number of aromatic hydroxyl groups is 2. The fraction of sp³-hybridized carbons (Fsp3) is 0.531. The molecule has 0 aromatic heterocycles. The van der Waals surface area contributed by atoms with Gasteiger partial charge in [-0.25, -0.2) is 0 Å². The summed E-state index contributed by atoms with van der Waals surface area (Å²) in [5, 5.41) is 54.6. The molecule has 1 aromatic carbocycles. The third kappa shape index (κ3) is 5.03. The fourth-order valence-electron chi connectivity index (χ4n) is 7.41. The number of allylic oxidation sites excluding steroid dienone is 3. The van der Waals surface area contributed by atoms with Crippen LogP contribution < -0.4 is 5.73 Å². The van der Waals surface area contributed by atoms with Crippen LogP contribution >= 0.6 is 0 Å². The van der Waals surface area contributed by atoms with Crippen molar-refractivity contribution >= 4 is 17.3 Å². The molecule has 0 spiro atoms. The maximum Gasteiger partial charge on any atom is 0.196 e. The first-order valence-corrected chi connectivity index (χ1v) is 15.0. The van der Waals surface area contributed by atoms with Crippen LogP contribution in [0.1, 0.15) is 70.6 Å². The molecular formula is C32H37NO12. The minimum absolute atomic E-state index is 0.0127. The van der Waals surface area contributed by atoms with E-state index in [1.165, 1.54) is 13.4 Å². The average Bonchev–Trinajstić information content (AvgIpc) is 3.03. The molecule has 1 aromatic rings. The number of carbonyl (C=O) groups excluding carboxylic acids is 3. The van der Waals surface area contributed by atoms with Crippen LogP contribution in [-0.2, 0) is 30.2 Å². The highest BCUT2D eigenvalue weighted by molar-refractivity contribution is 6.29. The number of phenols is 2. The summed E-state index contributed by atoms with van der Waals surface area (Å²) in [7, 11) is 1.42. The molecule has 2 aliphatic heterocycles. The van der Waals surface area contributed by atoms with Crippen LogP contribution in [0.25, 0.3) is 0 Å². The average molecular weight is 628 g/mol. The van der Waals surface area contributed by atoms with Gasteiger partial charge < -0.3 is 50.2 Å². The Morgan fingerprint density at radius 1 is 1.16 bits per heavy atom. The number of methoxy groups -OCH3 is 1. The van der Waals surface area contributed by atoms with Crippen molar-refractivity contribution in [1.82, 2.24) is 0 Å². The van der Waals surface area contributed by atoms with Crippen molar-refractivity contribution in [3.8, 4) is 11.5 Å². The molecule has 3 aliphatic carbocycles. The minimum Gasteiger partial charge on any atom is -0.507 e. The summed E-state index contributed by atoms with van der Waals surface area (Å²) in [6.07, 6.45) is 1.07. The van der Waals surface area contributed by atoms with E-state index in [0.717, 1.165) is 0 Å². The highest BCUT2D eigenvalue weighted by atomic mass is 16.7. The van der Waals surface area contributed by atoms with E-state index in [-0.39, 0.29) is 41.0 Å². The van der Waals surface area contributed by atoms with Gasteiger partial charge in [0.25, 0.3) is 0 Å². The molecular weight excluding hydrogens is 590 g/mol. The van der Waals surface area contributed by atoms with Gasteiger partial charge in [-0.15, -0.1) is 0 Å². The summed E-state index contributed by atoms with van der Waals surface area (Å²) in [5.41, 5.74) is 2.87. The Hall–Kier alpha value is -3.43. The lowest BCUT2D eigenvalue weighted by molar-refractivity contribution is -0.247. The molecule has 9 atom stereocenters. The van der Waals surface area contributed by atoms with E-state index in [1.807, 2.05) is 12.2 Å². The van der Waals surface area contributed by atoms with Crippen molar-refractivity contribution in [2.24, 2.45) is 11.7 Å². The number of nitrogens with two attached hydrogens (primary N) is 1.